The fraction of sp³-hybridized carbons (Fsp3) is 0.500. The highest BCUT2D eigenvalue weighted by molar-refractivity contribution is 7.99. The van der Waals surface area contributed by atoms with Crippen molar-refractivity contribution < 1.29 is 28.2 Å². The molecule has 2 aromatic rings. The van der Waals surface area contributed by atoms with Gasteiger partial charge in [0.15, 0.2) is 11.5 Å². The van der Waals surface area contributed by atoms with Gasteiger partial charge in [0.2, 0.25) is 17.5 Å². The molecule has 11 heteroatoms. The van der Waals surface area contributed by atoms with E-state index in [1.807, 2.05) is 0 Å². The Hall–Kier alpha value is -2.95. The second-order valence-electron chi connectivity index (χ2n) is 6.93. The first kappa shape index (κ1) is 22.7. The van der Waals surface area contributed by atoms with Crippen LogP contribution in [0.1, 0.15) is 32.1 Å². The Morgan fingerprint density at radius 3 is 2.35 bits per heavy atom. The van der Waals surface area contributed by atoms with Gasteiger partial charge in [0.1, 0.15) is 0 Å². The standard InChI is InChI=1S/C20H26N4O6S/c1-27-14-9-12(10-15(28-2)17(14)29-3)18-23-24-20(30-18)31-11-16(25)22-19(26)21-13-7-5-4-6-8-13/h9-10,13H,4-8,11H2,1-3H3,(H2,21,22,25,26). The summed E-state index contributed by atoms with van der Waals surface area (Å²) in [5.41, 5.74) is 0.574. The first-order valence-electron chi connectivity index (χ1n) is 9.91. The number of aromatic nitrogens is 2. The Labute approximate surface area is 184 Å². The molecule has 1 aliphatic rings. The van der Waals surface area contributed by atoms with Crippen molar-refractivity contribution in [1.29, 1.82) is 0 Å². The SMILES string of the molecule is COc1cc(-c2nnc(SCC(=O)NC(=O)NC3CCCCC3)o2)cc(OC)c1OC. The Morgan fingerprint density at radius 1 is 1.06 bits per heavy atom. The zero-order chi connectivity index (χ0) is 22.2. The highest BCUT2D eigenvalue weighted by Crippen LogP contribution is 2.41. The fourth-order valence-electron chi connectivity index (χ4n) is 3.35. The predicted molar refractivity (Wildman–Crippen MR) is 114 cm³/mol. The van der Waals surface area contributed by atoms with Crippen LogP contribution in [0.3, 0.4) is 0 Å². The topological polar surface area (TPSA) is 125 Å². The number of carbonyl (C=O) groups is 2. The van der Waals surface area contributed by atoms with E-state index in [2.05, 4.69) is 20.8 Å². The van der Waals surface area contributed by atoms with E-state index in [1.54, 1.807) is 12.1 Å². The molecule has 0 atom stereocenters. The number of carbonyl (C=O) groups excluding carboxylic acids is 2. The van der Waals surface area contributed by atoms with Crippen LogP contribution in [-0.4, -0.2) is 55.3 Å². The summed E-state index contributed by atoms with van der Waals surface area (Å²) in [7, 11) is 4.54. The third-order valence-electron chi connectivity index (χ3n) is 4.84. The molecule has 1 saturated carbocycles. The van der Waals surface area contributed by atoms with Crippen LogP contribution in [0.2, 0.25) is 0 Å². The molecule has 1 aromatic carbocycles. The summed E-state index contributed by atoms with van der Waals surface area (Å²) in [6.45, 7) is 0. The molecule has 2 N–H and O–H groups in total. The first-order valence-corrected chi connectivity index (χ1v) is 10.9. The van der Waals surface area contributed by atoms with E-state index in [4.69, 9.17) is 18.6 Å². The van der Waals surface area contributed by atoms with E-state index < -0.39 is 11.9 Å². The van der Waals surface area contributed by atoms with Gasteiger partial charge in [0, 0.05) is 11.6 Å². The van der Waals surface area contributed by atoms with E-state index in [1.165, 1.54) is 27.8 Å². The van der Waals surface area contributed by atoms with E-state index in [0.29, 0.717) is 22.8 Å². The second-order valence-corrected chi connectivity index (χ2v) is 7.86. The minimum Gasteiger partial charge on any atom is -0.493 e. The monoisotopic (exact) mass is 450 g/mol. The highest BCUT2D eigenvalue weighted by atomic mass is 32.2. The lowest BCUT2D eigenvalue weighted by atomic mass is 9.96. The molecule has 3 amide bonds. The van der Waals surface area contributed by atoms with E-state index in [0.717, 1.165) is 37.4 Å². The number of rotatable bonds is 8. The normalized spacial score (nSPS) is 14.0. The van der Waals surface area contributed by atoms with Crippen molar-refractivity contribution in [2.45, 2.75) is 43.4 Å². The van der Waals surface area contributed by atoms with Crippen LogP contribution >= 0.6 is 11.8 Å². The van der Waals surface area contributed by atoms with Gasteiger partial charge in [-0.3, -0.25) is 10.1 Å². The van der Waals surface area contributed by atoms with E-state index in [-0.39, 0.29) is 22.9 Å². The lowest BCUT2D eigenvalue weighted by Crippen LogP contribution is -2.45. The first-order chi connectivity index (χ1) is 15.0. The van der Waals surface area contributed by atoms with Crippen molar-refractivity contribution in [3.63, 3.8) is 0 Å². The minimum absolute atomic E-state index is 0.0328. The zero-order valence-corrected chi connectivity index (χ0v) is 18.5. The zero-order valence-electron chi connectivity index (χ0n) is 17.7. The van der Waals surface area contributed by atoms with Crippen LogP contribution in [0, 0.1) is 0 Å². The van der Waals surface area contributed by atoms with Crippen LogP contribution in [0.15, 0.2) is 21.8 Å². The molecule has 1 aromatic heterocycles. The van der Waals surface area contributed by atoms with Gasteiger partial charge in [0.25, 0.3) is 5.22 Å². The molecular weight excluding hydrogens is 424 g/mol. The fourth-order valence-corrected chi connectivity index (χ4v) is 3.91. The smallest absolute Gasteiger partial charge is 0.321 e. The van der Waals surface area contributed by atoms with Gasteiger partial charge in [-0.2, -0.15) is 0 Å². The number of amides is 3. The number of hydrogen-bond donors (Lipinski definition) is 2. The van der Waals surface area contributed by atoms with Crippen molar-refractivity contribution in [3.8, 4) is 28.7 Å². The molecule has 0 aliphatic heterocycles. The molecular formula is C20H26N4O6S. The number of benzene rings is 1. The maximum Gasteiger partial charge on any atom is 0.321 e. The maximum atomic E-state index is 12.1. The summed E-state index contributed by atoms with van der Waals surface area (Å²) in [6, 6.07) is 3.03. The largest absolute Gasteiger partial charge is 0.493 e. The van der Waals surface area contributed by atoms with Crippen molar-refractivity contribution in [1.82, 2.24) is 20.8 Å². The Morgan fingerprint density at radius 2 is 1.74 bits per heavy atom. The van der Waals surface area contributed by atoms with Crippen molar-refractivity contribution in [2.24, 2.45) is 0 Å². The summed E-state index contributed by atoms with van der Waals surface area (Å²) < 4.78 is 21.6. The number of urea groups is 1. The predicted octanol–water partition coefficient (Wildman–Crippen LogP) is 3.01. The Balaban J connectivity index is 1.56. The number of imide groups is 1. The van der Waals surface area contributed by atoms with Gasteiger partial charge in [-0.05, 0) is 25.0 Å². The molecule has 0 unspecified atom stereocenters. The third-order valence-corrected chi connectivity index (χ3v) is 5.66. The van der Waals surface area contributed by atoms with Crippen LogP contribution in [0.25, 0.3) is 11.5 Å². The van der Waals surface area contributed by atoms with Gasteiger partial charge < -0.3 is 23.9 Å². The summed E-state index contributed by atoms with van der Waals surface area (Å²) in [4.78, 5) is 24.0. The lowest BCUT2D eigenvalue weighted by molar-refractivity contribution is -0.117. The van der Waals surface area contributed by atoms with Gasteiger partial charge in [-0.1, -0.05) is 31.0 Å². The number of nitrogens with zero attached hydrogens (tertiary/aromatic N) is 2. The average Bonchev–Trinajstić information content (AvgIpc) is 3.26. The quantitative estimate of drug-likeness (QED) is 0.584. The Kier molecular flexibility index (Phi) is 7.99. The molecule has 0 radical (unpaired) electrons. The van der Waals surface area contributed by atoms with E-state index in [9.17, 15) is 9.59 Å². The van der Waals surface area contributed by atoms with Crippen molar-refractivity contribution in [3.05, 3.63) is 12.1 Å². The molecule has 0 spiro atoms. The highest BCUT2D eigenvalue weighted by Gasteiger charge is 2.19. The summed E-state index contributed by atoms with van der Waals surface area (Å²) in [5.74, 6) is 1.11. The third kappa shape index (κ3) is 6.03. The van der Waals surface area contributed by atoms with Gasteiger partial charge in [-0.25, -0.2) is 4.79 Å². The maximum absolute atomic E-state index is 12.1. The number of methoxy groups -OCH3 is 3. The molecule has 1 fully saturated rings. The summed E-state index contributed by atoms with van der Waals surface area (Å²) >= 11 is 1.04. The van der Waals surface area contributed by atoms with E-state index >= 15 is 0 Å². The lowest BCUT2D eigenvalue weighted by Gasteiger charge is -2.22. The number of thioether (sulfide) groups is 1. The van der Waals surface area contributed by atoms with Crippen molar-refractivity contribution >= 4 is 23.7 Å². The molecule has 1 heterocycles. The average molecular weight is 451 g/mol. The summed E-state index contributed by atoms with van der Waals surface area (Å²) in [5, 5.41) is 13.3. The summed E-state index contributed by atoms with van der Waals surface area (Å²) in [6.07, 6.45) is 5.28. The van der Waals surface area contributed by atoms with Crippen LogP contribution in [-0.2, 0) is 4.79 Å². The minimum atomic E-state index is -0.471. The van der Waals surface area contributed by atoms with Crippen LogP contribution in [0.4, 0.5) is 4.79 Å². The molecule has 0 bridgehead atoms. The number of hydrogen-bond acceptors (Lipinski definition) is 9. The molecule has 3 rings (SSSR count). The Bertz CT molecular complexity index is 888. The van der Waals surface area contributed by atoms with Crippen molar-refractivity contribution in [2.75, 3.05) is 27.1 Å². The second kappa shape index (κ2) is 10.9. The van der Waals surface area contributed by atoms with Gasteiger partial charge >= 0.3 is 6.03 Å². The van der Waals surface area contributed by atoms with Gasteiger partial charge in [-0.15, -0.1) is 10.2 Å². The van der Waals surface area contributed by atoms with Gasteiger partial charge in [0.05, 0.1) is 27.1 Å². The van der Waals surface area contributed by atoms with Crippen LogP contribution < -0.4 is 24.8 Å². The van der Waals surface area contributed by atoms with Crippen LogP contribution in [0.5, 0.6) is 17.2 Å². The number of ether oxygens (including phenoxy) is 3. The molecule has 1 aliphatic carbocycles. The molecule has 0 saturated heterocycles. The number of nitrogens with one attached hydrogen (secondary N) is 2. The molecule has 168 valence electrons. The molecule has 31 heavy (non-hydrogen) atoms. The molecule has 10 nitrogen and oxygen atoms in total.